The number of benzene rings is 2. The molecule has 3 rings (SSSR count). The maximum atomic E-state index is 12.9. The fourth-order valence-corrected chi connectivity index (χ4v) is 2.67. The quantitative estimate of drug-likeness (QED) is 0.344. The van der Waals surface area contributed by atoms with E-state index in [1.807, 2.05) is 0 Å². The van der Waals surface area contributed by atoms with E-state index in [0.29, 0.717) is 11.4 Å². The first kappa shape index (κ1) is 26.5. The lowest BCUT2D eigenvalue weighted by molar-refractivity contribution is -0.137. The molecule has 180 valence electrons. The van der Waals surface area contributed by atoms with Crippen LogP contribution in [0.3, 0.4) is 0 Å². The number of anilines is 2. The largest absolute Gasteiger partial charge is 0.477 e. The van der Waals surface area contributed by atoms with Gasteiger partial charge in [-0.25, -0.2) is 14.6 Å². The molecule has 0 aliphatic carbocycles. The summed E-state index contributed by atoms with van der Waals surface area (Å²) in [6, 6.07) is 11.0. The van der Waals surface area contributed by atoms with Crippen LogP contribution in [-0.2, 0) is 6.18 Å². The summed E-state index contributed by atoms with van der Waals surface area (Å²) in [5.41, 5.74) is -0.976. The average Bonchev–Trinajstić information content (AvgIpc) is 2.76. The van der Waals surface area contributed by atoms with Gasteiger partial charge in [0.15, 0.2) is 5.69 Å². The number of hydrogen-bond acceptors (Lipinski definition) is 4. The third-order valence-corrected chi connectivity index (χ3v) is 4.16. The number of halogens is 4. The van der Waals surface area contributed by atoms with E-state index in [1.54, 1.807) is 0 Å². The molecule has 1 heterocycles. The molecule has 2 aromatic carbocycles. The molecular weight excluding hydrogens is 475 g/mol. The van der Waals surface area contributed by atoms with E-state index in [0.717, 1.165) is 12.1 Å². The fourth-order valence-electron chi connectivity index (χ4n) is 2.45. The minimum absolute atomic E-state index is 0.0823. The molecule has 1 aromatic heterocycles. The van der Waals surface area contributed by atoms with Gasteiger partial charge in [-0.2, -0.15) is 13.2 Å². The predicted octanol–water partition coefficient (Wildman–Crippen LogP) is 7.30. The van der Waals surface area contributed by atoms with E-state index < -0.39 is 28.8 Å². The first-order chi connectivity index (χ1) is 16.0. The normalized spacial score (nSPS) is 10.5. The Bertz CT molecular complexity index is 1140. The molecule has 0 saturated carbocycles. The molecule has 7 nitrogen and oxygen atoms in total. The third-order valence-electron chi connectivity index (χ3n) is 3.83. The topological polar surface area (TPSA) is 101 Å². The Hall–Kier alpha value is -3.79. The number of aromatic carboxylic acids is 1. The van der Waals surface area contributed by atoms with Crippen molar-refractivity contribution in [2.45, 2.75) is 26.4 Å². The molecule has 34 heavy (non-hydrogen) atoms. The second-order valence-electron chi connectivity index (χ2n) is 6.79. The van der Waals surface area contributed by atoms with Gasteiger partial charge in [-0.05, 0) is 48.5 Å². The zero-order valence-corrected chi connectivity index (χ0v) is 18.9. The number of carboxylic acid groups (broad SMARTS) is 1. The number of nitrogens with one attached hydrogen (secondary N) is 2. The smallest absolute Gasteiger partial charge is 0.417 e. The van der Waals surface area contributed by atoms with E-state index in [9.17, 15) is 22.8 Å². The van der Waals surface area contributed by atoms with Crippen molar-refractivity contribution < 1.29 is 32.6 Å². The van der Waals surface area contributed by atoms with Gasteiger partial charge < -0.3 is 20.5 Å². The lowest BCUT2D eigenvalue weighted by atomic mass is 10.2. The molecule has 11 heteroatoms. The molecule has 0 atom stereocenters. The molecule has 3 N–H and O–H groups in total. The van der Waals surface area contributed by atoms with Gasteiger partial charge >= 0.3 is 18.2 Å². The van der Waals surface area contributed by atoms with Gasteiger partial charge in [-0.1, -0.05) is 31.9 Å². The Labute approximate surface area is 198 Å². The minimum atomic E-state index is -4.65. The van der Waals surface area contributed by atoms with Crippen LogP contribution >= 0.6 is 11.6 Å². The Morgan fingerprint density at radius 2 is 1.56 bits per heavy atom. The highest BCUT2D eigenvalue weighted by atomic mass is 35.5. The van der Waals surface area contributed by atoms with E-state index in [4.69, 9.17) is 21.4 Å². The number of urea groups is 1. The van der Waals surface area contributed by atoms with E-state index in [2.05, 4.69) is 29.5 Å². The number of ether oxygens (including phenoxy) is 1. The molecule has 0 aliphatic heterocycles. The maximum absolute atomic E-state index is 12.9. The molecule has 0 unspecified atom stereocenters. The number of alkyl halides is 3. The van der Waals surface area contributed by atoms with Crippen LogP contribution in [0.5, 0.6) is 11.5 Å². The Morgan fingerprint density at radius 1 is 0.971 bits per heavy atom. The van der Waals surface area contributed by atoms with Gasteiger partial charge in [-0.3, -0.25) is 0 Å². The van der Waals surface area contributed by atoms with Gasteiger partial charge in [0.1, 0.15) is 11.5 Å². The van der Waals surface area contributed by atoms with Crippen LogP contribution in [0.1, 0.15) is 36.3 Å². The van der Waals surface area contributed by atoms with Crippen molar-refractivity contribution in [1.29, 1.82) is 0 Å². The highest BCUT2D eigenvalue weighted by molar-refractivity contribution is 6.31. The summed E-state index contributed by atoms with van der Waals surface area (Å²) in [4.78, 5) is 26.7. The molecule has 0 saturated heterocycles. The van der Waals surface area contributed by atoms with Gasteiger partial charge in [-0.15, -0.1) is 0 Å². The molecule has 3 aromatic rings. The Morgan fingerprint density at radius 3 is 2.15 bits per heavy atom. The first-order valence-electron chi connectivity index (χ1n) is 9.95. The highest BCUT2D eigenvalue weighted by Gasteiger charge is 2.33. The first-order valence-corrected chi connectivity index (χ1v) is 10.3. The summed E-state index contributed by atoms with van der Waals surface area (Å²) in [7, 11) is 0. The van der Waals surface area contributed by atoms with Gasteiger partial charge in [0, 0.05) is 23.6 Å². The van der Waals surface area contributed by atoms with Crippen molar-refractivity contribution >= 4 is 35.0 Å². The van der Waals surface area contributed by atoms with Crippen molar-refractivity contribution in [3.63, 3.8) is 0 Å². The summed E-state index contributed by atoms with van der Waals surface area (Å²) in [6.07, 6.45) is -2.11. The second-order valence-corrected chi connectivity index (χ2v) is 7.19. The minimum Gasteiger partial charge on any atom is -0.477 e. The molecule has 0 bridgehead atoms. The number of carbonyl (C=O) groups is 2. The van der Waals surface area contributed by atoms with Crippen LogP contribution in [0.25, 0.3) is 0 Å². The number of hydrogen-bond donors (Lipinski definition) is 3. The zero-order valence-electron chi connectivity index (χ0n) is 18.1. The number of carboxylic acids is 1. The molecule has 0 fully saturated rings. The van der Waals surface area contributed by atoms with Gasteiger partial charge in [0.25, 0.3) is 0 Å². The fraction of sp³-hybridized carbons (Fsp3) is 0.174. The summed E-state index contributed by atoms with van der Waals surface area (Å²) in [5.74, 6) is -0.575. The van der Waals surface area contributed by atoms with Crippen LogP contribution in [0, 0.1) is 0 Å². The second kappa shape index (κ2) is 11.9. The maximum Gasteiger partial charge on any atom is 0.417 e. The molecule has 2 amide bonds. The van der Waals surface area contributed by atoms with E-state index >= 15 is 0 Å². The molecule has 0 aliphatic rings. The number of carbonyl (C=O) groups excluding carboxylic acids is 1. The van der Waals surface area contributed by atoms with Crippen LogP contribution in [0.15, 0.2) is 60.8 Å². The van der Waals surface area contributed by atoms with Crippen molar-refractivity contribution in [2.75, 3.05) is 10.6 Å². The lowest BCUT2D eigenvalue weighted by Crippen LogP contribution is -2.19. The molecule has 0 radical (unpaired) electrons. The van der Waals surface area contributed by atoms with Crippen molar-refractivity contribution in [2.24, 2.45) is 0 Å². The molecule has 0 spiro atoms. The van der Waals surface area contributed by atoms with Crippen molar-refractivity contribution in [1.82, 2.24) is 4.98 Å². The average molecular weight is 496 g/mol. The highest BCUT2D eigenvalue weighted by Crippen LogP contribution is 2.36. The van der Waals surface area contributed by atoms with Gasteiger partial charge in [0.05, 0.1) is 10.6 Å². The van der Waals surface area contributed by atoms with Crippen LogP contribution < -0.4 is 15.4 Å². The van der Waals surface area contributed by atoms with Crippen LogP contribution in [0.4, 0.5) is 29.3 Å². The number of amides is 2. The Balaban J connectivity index is 0.00000129. The number of nitrogens with zero attached hydrogens (tertiary/aromatic N) is 1. The SMILES string of the molecule is CCC.O=C(Nc1ccc(Oc2ccnc(C(=O)O)c2)cc1)Nc1ccc(Cl)c(C(F)(F)F)c1. The number of pyridine rings is 1. The van der Waals surface area contributed by atoms with Gasteiger partial charge in [0.2, 0.25) is 0 Å². The Kier molecular flexibility index (Phi) is 9.26. The predicted molar refractivity (Wildman–Crippen MR) is 123 cm³/mol. The monoisotopic (exact) mass is 495 g/mol. The third kappa shape index (κ3) is 7.96. The molecular formula is C23H21ClF3N3O4. The zero-order chi connectivity index (χ0) is 25.3. The summed E-state index contributed by atoms with van der Waals surface area (Å²) in [6.45, 7) is 4.25. The van der Waals surface area contributed by atoms with Crippen LogP contribution in [0.2, 0.25) is 5.02 Å². The van der Waals surface area contributed by atoms with E-state index in [-0.39, 0.29) is 17.1 Å². The number of aromatic nitrogens is 1. The summed E-state index contributed by atoms with van der Waals surface area (Å²) >= 11 is 5.55. The lowest BCUT2D eigenvalue weighted by Gasteiger charge is -2.12. The van der Waals surface area contributed by atoms with Crippen molar-refractivity contribution in [3.05, 3.63) is 77.1 Å². The van der Waals surface area contributed by atoms with Crippen molar-refractivity contribution in [3.8, 4) is 11.5 Å². The van der Waals surface area contributed by atoms with Crippen LogP contribution in [-0.4, -0.2) is 22.1 Å². The summed E-state index contributed by atoms with van der Waals surface area (Å²) in [5, 5.41) is 13.2. The summed E-state index contributed by atoms with van der Waals surface area (Å²) < 4.78 is 44.3. The standard InChI is InChI=1S/C20H13ClF3N3O4.C3H8/c21-16-6-3-12(9-15(16)20(22,23)24)27-19(30)26-11-1-4-13(5-2-11)31-14-7-8-25-17(10-14)18(28)29;1-3-2/h1-10H,(H,28,29)(H2,26,27,30);3H2,1-2H3. The number of rotatable bonds is 5. The van der Waals surface area contributed by atoms with E-state index in [1.165, 1.54) is 55.1 Å².